The molecule has 27 heavy (non-hydrogen) atoms. The summed E-state index contributed by atoms with van der Waals surface area (Å²) in [5.74, 6) is 1.30. The second-order valence-electron chi connectivity index (χ2n) is 6.14. The quantitative estimate of drug-likeness (QED) is 0.333. The number of H-pyrrole nitrogens is 2. The van der Waals surface area contributed by atoms with Gasteiger partial charge in [-0.2, -0.15) is 5.10 Å². The number of para-hydroxylation sites is 5. The SMILES string of the molecule is c1ccc(NN=C(c2nc3ccccc3[nH]2)c2nc3ccccc3[nH]2)cc1. The number of rotatable bonds is 4. The van der Waals surface area contributed by atoms with Gasteiger partial charge in [0.15, 0.2) is 17.4 Å². The molecule has 0 saturated heterocycles. The summed E-state index contributed by atoms with van der Waals surface area (Å²) >= 11 is 0. The normalized spacial score (nSPS) is 11.0. The fourth-order valence-corrected chi connectivity index (χ4v) is 2.98. The van der Waals surface area contributed by atoms with Gasteiger partial charge in [0.05, 0.1) is 27.8 Å². The Labute approximate surface area is 155 Å². The highest BCUT2D eigenvalue weighted by Crippen LogP contribution is 2.17. The van der Waals surface area contributed by atoms with Gasteiger partial charge in [0.2, 0.25) is 0 Å². The fraction of sp³-hybridized carbons (Fsp3) is 0. The first kappa shape index (κ1) is 15.3. The van der Waals surface area contributed by atoms with Crippen LogP contribution in [0.3, 0.4) is 0 Å². The van der Waals surface area contributed by atoms with E-state index in [1.807, 2.05) is 78.9 Å². The molecule has 6 heteroatoms. The highest BCUT2D eigenvalue weighted by Gasteiger charge is 2.16. The van der Waals surface area contributed by atoms with E-state index in [4.69, 9.17) is 0 Å². The topological polar surface area (TPSA) is 81.8 Å². The molecule has 0 amide bonds. The molecule has 0 unspecified atom stereocenters. The van der Waals surface area contributed by atoms with Gasteiger partial charge < -0.3 is 9.97 Å². The number of anilines is 1. The smallest absolute Gasteiger partial charge is 0.168 e. The molecule has 3 aromatic carbocycles. The Balaban J connectivity index is 1.64. The monoisotopic (exact) mass is 352 g/mol. The van der Waals surface area contributed by atoms with Crippen LogP contribution in [0.5, 0.6) is 0 Å². The van der Waals surface area contributed by atoms with Gasteiger partial charge in [-0.25, -0.2) is 9.97 Å². The van der Waals surface area contributed by atoms with Crippen molar-refractivity contribution >= 4 is 33.5 Å². The fourth-order valence-electron chi connectivity index (χ4n) is 2.98. The first-order chi connectivity index (χ1) is 13.4. The molecule has 0 atom stereocenters. The third kappa shape index (κ3) is 2.93. The van der Waals surface area contributed by atoms with Gasteiger partial charge in [0, 0.05) is 0 Å². The molecule has 6 nitrogen and oxygen atoms in total. The van der Waals surface area contributed by atoms with Crippen molar-refractivity contribution in [1.29, 1.82) is 0 Å². The molecule has 0 radical (unpaired) electrons. The molecule has 2 aromatic heterocycles. The lowest BCUT2D eigenvalue weighted by Gasteiger charge is -2.03. The van der Waals surface area contributed by atoms with Gasteiger partial charge in [-0.05, 0) is 36.4 Å². The average Bonchev–Trinajstić information content (AvgIpc) is 3.33. The Hall–Kier alpha value is -3.93. The third-order valence-electron chi connectivity index (χ3n) is 4.30. The van der Waals surface area contributed by atoms with Crippen LogP contribution in [-0.2, 0) is 0 Å². The molecule has 0 aliphatic carbocycles. The maximum absolute atomic E-state index is 4.69. The van der Waals surface area contributed by atoms with Gasteiger partial charge in [0.25, 0.3) is 0 Å². The summed E-state index contributed by atoms with van der Waals surface area (Å²) in [6, 6.07) is 25.6. The molecule has 5 aromatic rings. The zero-order chi connectivity index (χ0) is 18.1. The van der Waals surface area contributed by atoms with Crippen LogP contribution in [0.4, 0.5) is 5.69 Å². The first-order valence-electron chi connectivity index (χ1n) is 8.66. The van der Waals surface area contributed by atoms with Crippen LogP contribution in [0.15, 0.2) is 84.0 Å². The molecular weight excluding hydrogens is 336 g/mol. The van der Waals surface area contributed by atoms with Gasteiger partial charge in [-0.3, -0.25) is 5.43 Å². The van der Waals surface area contributed by atoms with Crippen LogP contribution in [0.1, 0.15) is 11.6 Å². The lowest BCUT2D eigenvalue weighted by Crippen LogP contribution is -2.10. The van der Waals surface area contributed by atoms with Crippen molar-refractivity contribution in [2.24, 2.45) is 5.10 Å². The van der Waals surface area contributed by atoms with Crippen molar-refractivity contribution in [1.82, 2.24) is 19.9 Å². The van der Waals surface area contributed by atoms with Crippen LogP contribution >= 0.6 is 0 Å². The summed E-state index contributed by atoms with van der Waals surface area (Å²) in [7, 11) is 0. The summed E-state index contributed by atoms with van der Waals surface area (Å²) in [4.78, 5) is 16.0. The predicted octanol–water partition coefficient (Wildman–Crippen LogP) is 4.30. The number of imidazole rings is 2. The third-order valence-corrected chi connectivity index (χ3v) is 4.30. The number of aromatic amines is 2. The van der Waals surface area contributed by atoms with Gasteiger partial charge >= 0.3 is 0 Å². The average molecular weight is 352 g/mol. The van der Waals surface area contributed by atoms with E-state index in [0.717, 1.165) is 27.8 Å². The van der Waals surface area contributed by atoms with Crippen LogP contribution in [-0.4, -0.2) is 25.6 Å². The van der Waals surface area contributed by atoms with Crippen molar-refractivity contribution < 1.29 is 0 Å². The Bertz CT molecular complexity index is 1110. The largest absolute Gasteiger partial charge is 0.336 e. The molecule has 0 saturated carbocycles. The summed E-state index contributed by atoms with van der Waals surface area (Å²) in [6.07, 6.45) is 0. The number of hydrazone groups is 1. The number of hydrogen-bond donors (Lipinski definition) is 3. The van der Waals surface area contributed by atoms with Gasteiger partial charge in [0.1, 0.15) is 0 Å². The second kappa shape index (κ2) is 6.42. The predicted molar refractivity (Wildman–Crippen MR) is 108 cm³/mol. The molecule has 0 aliphatic heterocycles. The minimum Gasteiger partial charge on any atom is -0.336 e. The number of nitrogens with zero attached hydrogens (tertiary/aromatic N) is 3. The summed E-state index contributed by atoms with van der Waals surface area (Å²) in [6.45, 7) is 0. The van der Waals surface area contributed by atoms with Gasteiger partial charge in [-0.1, -0.05) is 42.5 Å². The maximum Gasteiger partial charge on any atom is 0.168 e. The Morgan fingerprint density at radius 1 is 0.667 bits per heavy atom. The number of aromatic nitrogens is 4. The molecular formula is C21H16N6. The minimum absolute atomic E-state index is 0.617. The van der Waals surface area contributed by atoms with E-state index < -0.39 is 0 Å². The molecule has 2 heterocycles. The van der Waals surface area contributed by atoms with Crippen molar-refractivity contribution in [3.8, 4) is 0 Å². The lowest BCUT2D eigenvalue weighted by atomic mass is 10.3. The molecule has 3 N–H and O–H groups in total. The lowest BCUT2D eigenvalue weighted by molar-refractivity contribution is 1.19. The molecule has 0 spiro atoms. The van der Waals surface area contributed by atoms with Crippen LogP contribution in [0.2, 0.25) is 0 Å². The molecule has 0 bridgehead atoms. The summed E-state index contributed by atoms with van der Waals surface area (Å²) in [5.41, 5.74) is 8.29. The van der Waals surface area contributed by atoms with Crippen molar-refractivity contribution in [2.75, 3.05) is 5.43 Å². The highest BCUT2D eigenvalue weighted by atomic mass is 15.3. The van der Waals surface area contributed by atoms with Gasteiger partial charge in [-0.15, -0.1) is 0 Å². The van der Waals surface area contributed by atoms with Crippen molar-refractivity contribution in [3.05, 3.63) is 90.5 Å². The van der Waals surface area contributed by atoms with Crippen LogP contribution in [0, 0.1) is 0 Å². The number of fused-ring (bicyclic) bond motifs is 2. The Morgan fingerprint density at radius 3 is 1.74 bits per heavy atom. The van der Waals surface area contributed by atoms with E-state index in [-0.39, 0.29) is 0 Å². The van der Waals surface area contributed by atoms with E-state index in [9.17, 15) is 0 Å². The van der Waals surface area contributed by atoms with E-state index in [1.165, 1.54) is 0 Å². The maximum atomic E-state index is 4.69. The van der Waals surface area contributed by atoms with E-state index in [2.05, 4.69) is 30.5 Å². The van der Waals surface area contributed by atoms with Crippen LogP contribution < -0.4 is 5.43 Å². The Kier molecular flexibility index (Phi) is 3.65. The molecule has 0 aliphatic rings. The van der Waals surface area contributed by atoms with E-state index in [1.54, 1.807) is 0 Å². The van der Waals surface area contributed by atoms with E-state index >= 15 is 0 Å². The standard InChI is InChI=1S/C21H16N6/c1-2-8-14(9-3-1)26-27-19(20-22-15-10-4-5-11-16(15)23-20)21-24-17-12-6-7-13-18(17)25-21/h1-13,26H,(H,22,23)(H,24,25). The zero-order valence-electron chi connectivity index (χ0n) is 14.3. The first-order valence-corrected chi connectivity index (χ1v) is 8.66. The van der Waals surface area contributed by atoms with E-state index in [0.29, 0.717) is 17.4 Å². The Morgan fingerprint density at radius 2 is 1.19 bits per heavy atom. The minimum atomic E-state index is 0.617. The summed E-state index contributed by atoms with van der Waals surface area (Å²) in [5, 5.41) is 4.60. The number of nitrogens with one attached hydrogen (secondary N) is 3. The number of benzene rings is 3. The van der Waals surface area contributed by atoms with Crippen molar-refractivity contribution in [2.45, 2.75) is 0 Å². The summed E-state index contributed by atoms with van der Waals surface area (Å²) < 4.78 is 0. The molecule has 130 valence electrons. The van der Waals surface area contributed by atoms with Crippen molar-refractivity contribution in [3.63, 3.8) is 0 Å². The molecule has 0 fully saturated rings. The number of hydrogen-bond acceptors (Lipinski definition) is 4. The second-order valence-corrected chi connectivity index (χ2v) is 6.14. The highest BCUT2D eigenvalue weighted by molar-refractivity contribution is 6.11. The molecule has 5 rings (SSSR count). The zero-order valence-corrected chi connectivity index (χ0v) is 14.3. The van der Waals surface area contributed by atoms with Crippen LogP contribution in [0.25, 0.3) is 22.1 Å².